The second kappa shape index (κ2) is 13.8. The number of allylic oxidation sites excluding steroid dienone is 1. The van der Waals surface area contributed by atoms with Crippen molar-refractivity contribution in [2.75, 3.05) is 6.54 Å². The van der Waals surface area contributed by atoms with Gasteiger partial charge in [-0.2, -0.15) is 0 Å². The van der Waals surface area contributed by atoms with Gasteiger partial charge in [-0.3, -0.25) is 23.9 Å². The van der Waals surface area contributed by atoms with Gasteiger partial charge in [-0.05, 0) is 56.0 Å². The number of carbonyl (C=O) groups is 4. The average Bonchev–Trinajstić information content (AvgIpc) is 4.02. The number of pyridine rings is 1. The molecule has 2 aromatic carbocycles. The maximum Gasteiger partial charge on any atom is 0.260 e. The third kappa shape index (κ3) is 6.87. The van der Waals surface area contributed by atoms with Gasteiger partial charge in [0, 0.05) is 23.1 Å². The molecule has 1 saturated heterocycles. The molecule has 4 amide bonds. The summed E-state index contributed by atoms with van der Waals surface area (Å²) in [6, 6.07) is 14.4. The van der Waals surface area contributed by atoms with Crippen molar-refractivity contribution in [3.05, 3.63) is 76.8 Å². The lowest BCUT2D eigenvalue weighted by molar-refractivity contribution is -0.141. The Morgan fingerprint density at radius 2 is 1.75 bits per heavy atom. The van der Waals surface area contributed by atoms with Crippen LogP contribution in [0.1, 0.15) is 78.4 Å². The first kappa shape index (κ1) is 35.2. The van der Waals surface area contributed by atoms with Gasteiger partial charge in [0.15, 0.2) is 0 Å². The molecule has 0 unspecified atom stereocenters. The highest BCUT2D eigenvalue weighted by Gasteiger charge is 2.62. The van der Waals surface area contributed by atoms with Crippen LogP contribution in [0.4, 0.5) is 0 Å². The molecule has 0 radical (unpaired) electrons. The molecule has 2 saturated carbocycles. The Morgan fingerprint density at radius 1 is 1.00 bits per heavy atom. The molecule has 4 aliphatic rings. The number of hydrogen-bond donors (Lipinski definition) is 3. The summed E-state index contributed by atoms with van der Waals surface area (Å²) in [4.78, 5) is 65.9. The van der Waals surface area contributed by atoms with E-state index in [0.717, 1.165) is 52.3 Å². The molecule has 13 nitrogen and oxygen atoms in total. The summed E-state index contributed by atoms with van der Waals surface area (Å²) in [6.45, 7) is 0.0445. The number of carbonyl (C=O) groups excluding carboxylic acids is 4. The molecule has 0 spiro atoms. The summed E-state index contributed by atoms with van der Waals surface area (Å²) in [7, 11) is -3.88. The lowest BCUT2D eigenvalue weighted by Gasteiger charge is -2.29. The van der Waals surface area contributed by atoms with Crippen LogP contribution in [0, 0.1) is 5.92 Å². The van der Waals surface area contributed by atoms with Crippen molar-refractivity contribution in [2.24, 2.45) is 11.7 Å². The minimum atomic E-state index is -3.88. The summed E-state index contributed by atoms with van der Waals surface area (Å²) >= 11 is 1.07. The number of aromatic nitrogens is 2. The van der Waals surface area contributed by atoms with Gasteiger partial charge in [0.25, 0.3) is 11.8 Å². The average molecular weight is 757 g/mol. The van der Waals surface area contributed by atoms with Crippen LogP contribution in [-0.2, 0) is 24.4 Å². The van der Waals surface area contributed by atoms with Crippen LogP contribution in [0.5, 0.6) is 5.88 Å². The van der Waals surface area contributed by atoms with Crippen LogP contribution in [0.15, 0.2) is 66.9 Å². The molecule has 2 aromatic heterocycles. The van der Waals surface area contributed by atoms with Crippen LogP contribution < -0.4 is 20.5 Å². The third-order valence-electron chi connectivity index (χ3n) is 10.8. The zero-order chi connectivity index (χ0) is 36.9. The Bertz CT molecular complexity index is 2270. The quantitative estimate of drug-likeness (QED) is 0.184. The van der Waals surface area contributed by atoms with Crippen molar-refractivity contribution in [3.8, 4) is 5.88 Å². The number of fused-ring (bicyclic) bond motifs is 5. The molecule has 276 valence electrons. The van der Waals surface area contributed by atoms with E-state index in [-0.39, 0.29) is 30.2 Å². The summed E-state index contributed by atoms with van der Waals surface area (Å²) < 4.78 is 34.5. The van der Waals surface area contributed by atoms with Gasteiger partial charge in [-0.15, -0.1) is 11.3 Å². The molecule has 53 heavy (non-hydrogen) atoms. The molecule has 5 atom stereocenters. The number of thiazole rings is 1. The van der Waals surface area contributed by atoms with Crippen molar-refractivity contribution in [2.45, 2.75) is 86.6 Å². The number of para-hydroxylation sites is 1. The van der Waals surface area contributed by atoms with Gasteiger partial charge in [-0.1, -0.05) is 61.4 Å². The number of hydrogen-bond acceptors (Lipinski definition) is 10. The molecule has 3 fully saturated rings. The molecule has 0 bridgehead atoms. The second-order valence-electron chi connectivity index (χ2n) is 14.5. The third-order valence-corrected chi connectivity index (χ3v) is 13.7. The number of benzene rings is 2. The monoisotopic (exact) mass is 756 g/mol. The fourth-order valence-corrected chi connectivity index (χ4v) is 9.89. The van der Waals surface area contributed by atoms with Crippen molar-refractivity contribution in [1.82, 2.24) is 24.9 Å². The SMILES string of the molecule is NC(=O)c1cnc([C@H]2CCCCCC=C[C@@H]3C[C@@]3(C(=O)NS(=O)(=O)C3CC3)NC(=O)[C@@H]3C[C@@H](Oc4nc5ccccc5c5ccccc45)CN3C2=O)s1. The number of sulfonamides is 1. The van der Waals surface area contributed by atoms with Crippen LogP contribution in [-0.4, -0.2) is 76.4 Å². The molecule has 4 N–H and O–H groups in total. The Labute approximate surface area is 310 Å². The van der Waals surface area contributed by atoms with Crippen molar-refractivity contribution in [1.29, 1.82) is 0 Å². The van der Waals surface area contributed by atoms with Gasteiger partial charge in [0.2, 0.25) is 27.7 Å². The highest BCUT2D eigenvalue weighted by atomic mass is 32.2. The molecule has 4 aromatic rings. The first-order valence-electron chi connectivity index (χ1n) is 18.1. The number of ether oxygens (including phenoxy) is 1. The molecule has 2 aliphatic carbocycles. The number of primary amides is 1. The van der Waals surface area contributed by atoms with Gasteiger partial charge in [-0.25, -0.2) is 18.4 Å². The van der Waals surface area contributed by atoms with E-state index in [2.05, 4.69) is 15.0 Å². The van der Waals surface area contributed by atoms with E-state index in [1.54, 1.807) is 0 Å². The number of amides is 4. The van der Waals surface area contributed by atoms with E-state index in [1.807, 2.05) is 60.7 Å². The lowest BCUT2D eigenvalue weighted by Crippen LogP contribution is -2.57. The first-order chi connectivity index (χ1) is 25.5. The Hall–Kier alpha value is -4.89. The van der Waals surface area contributed by atoms with E-state index in [9.17, 15) is 27.6 Å². The standard InChI is InChI=1S/C38H40N6O7S2/c39-32(45)31-20-40-35(52-31)28-14-5-3-1-2-4-10-22-19-38(22,37(48)43-53(49,50)24-16-17-24)42-33(46)30-18-23(21-44(30)36(28)47)51-34-27-13-7-6-11-25(27)26-12-8-9-15-29(26)41-34/h4,6-13,15,20,22-24,28,30H,1-3,5,14,16-19,21H2,(H2,39,45)(H,42,46)(H,43,48)/t22-,23-,28-,30+,38-/m1/s1. The number of nitrogens with one attached hydrogen (secondary N) is 2. The van der Waals surface area contributed by atoms with Crippen molar-refractivity contribution < 1.29 is 32.3 Å². The van der Waals surface area contributed by atoms with Gasteiger partial charge in [0.05, 0.1) is 29.4 Å². The van der Waals surface area contributed by atoms with Crippen LogP contribution in [0.3, 0.4) is 0 Å². The number of nitrogens with two attached hydrogens (primary N) is 1. The van der Waals surface area contributed by atoms with Crippen molar-refractivity contribution >= 4 is 66.7 Å². The van der Waals surface area contributed by atoms with Crippen molar-refractivity contribution in [3.63, 3.8) is 0 Å². The van der Waals surface area contributed by atoms with Gasteiger partial charge >= 0.3 is 0 Å². The molecular formula is C38H40N6O7S2. The smallest absolute Gasteiger partial charge is 0.260 e. The highest BCUT2D eigenvalue weighted by molar-refractivity contribution is 7.91. The Kier molecular flexibility index (Phi) is 9.17. The van der Waals surface area contributed by atoms with Crippen LogP contribution in [0.2, 0.25) is 0 Å². The number of nitrogens with zero attached hydrogens (tertiary/aromatic N) is 3. The van der Waals surface area contributed by atoms with Gasteiger partial charge < -0.3 is 20.7 Å². The predicted molar refractivity (Wildman–Crippen MR) is 198 cm³/mol. The van der Waals surface area contributed by atoms with Crippen LogP contribution in [0.25, 0.3) is 21.7 Å². The fraction of sp³-hybridized carbons (Fsp3) is 0.421. The normalized spacial score (nSPS) is 26.6. The molecule has 15 heteroatoms. The predicted octanol–water partition coefficient (Wildman–Crippen LogP) is 4.08. The fourth-order valence-electron chi connectivity index (χ4n) is 7.63. The molecule has 8 rings (SSSR count). The number of rotatable bonds is 7. The van der Waals surface area contributed by atoms with E-state index < -0.39 is 62.5 Å². The zero-order valence-electron chi connectivity index (χ0n) is 28.9. The minimum absolute atomic E-state index is 0.0445. The Morgan fingerprint density at radius 3 is 2.51 bits per heavy atom. The zero-order valence-corrected chi connectivity index (χ0v) is 30.5. The lowest BCUT2D eigenvalue weighted by atomic mass is 9.99. The maximum absolute atomic E-state index is 14.7. The summed E-state index contributed by atoms with van der Waals surface area (Å²) in [5.41, 5.74) is 4.80. The maximum atomic E-state index is 14.7. The minimum Gasteiger partial charge on any atom is -0.472 e. The van der Waals surface area contributed by atoms with Crippen LogP contribution >= 0.6 is 11.3 Å². The van der Waals surface area contributed by atoms with E-state index >= 15 is 0 Å². The van der Waals surface area contributed by atoms with Gasteiger partial charge in [0.1, 0.15) is 27.6 Å². The first-order valence-corrected chi connectivity index (χ1v) is 20.5. The summed E-state index contributed by atoms with van der Waals surface area (Å²) in [5, 5.41) is 5.43. The van der Waals surface area contributed by atoms with E-state index in [0.29, 0.717) is 36.6 Å². The molecule has 2 aliphatic heterocycles. The second-order valence-corrected chi connectivity index (χ2v) is 17.5. The summed E-state index contributed by atoms with van der Waals surface area (Å²) in [6.07, 6.45) is 9.34. The van der Waals surface area contributed by atoms with E-state index in [4.69, 9.17) is 15.5 Å². The highest BCUT2D eigenvalue weighted by Crippen LogP contribution is 2.46. The summed E-state index contributed by atoms with van der Waals surface area (Å²) in [5.74, 6) is -3.14. The molecular weight excluding hydrogens is 717 g/mol. The largest absolute Gasteiger partial charge is 0.472 e. The topological polar surface area (TPSA) is 191 Å². The molecule has 4 heterocycles. The van der Waals surface area contributed by atoms with E-state index in [1.165, 1.54) is 11.1 Å². The Balaban J connectivity index is 1.15.